The van der Waals surface area contributed by atoms with Crippen molar-refractivity contribution in [2.24, 2.45) is 0 Å². The van der Waals surface area contributed by atoms with Gasteiger partial charge in [0.2, 0.25) is 5.91 Å². The highest BCUT2D eigenvalue weighted by Gasteiger charge is 2.25. The molecule has 1 aliphatic heterocycles. The molecule has 0 aromatic carbocycles. The molecule has 1 saturated heterocycles. The van der Waals surface area contributed by atoms with E-state index in [0.717, 1.165) is 6.42 Å². The minimum absolute atomic E-state index is 0.0876. The van der Waals surface area contributed by atoms with Gasteiger partial charge in [0.1, 0.15) is 0 Å². The fourth-order valence-electron chi connectivity index (χ4n) is 2.95. The molecule has 138 valence electrons. The maximum absolute atomic E-state index is 12.4. The maximum Gasteiger partial charge on any atom is 0.289 e. The van der Waals surface area contributed by atoms with Crippen LogP contribution in [0.3, 0.4) is 0 Å². The van der Waals surface area contributed by atoms with Crippen molar-refractivity contribution in [3.8, 4) is 0 Å². The van der Waals surface area contributed by atoms with Gasteiger partial charge in [-0.15, -0.1) is 0 Å². The molecule has 0 radical (unpaired) electrons. The number of amides is 2. The zero-order chi connectivity index (χ0) is 18.4. The number of hydrogen-bond acceptors (Lipinski definition) is 5. The number of nitrogens with zero attached hydrogens (tertiary/aromatic N) is 4. The van der Waals surface area contributed by atoms with Crippen LogP contribution in [-0.2, 0) is 11.2 Å². The van der Waals surface area contributed by atoms with Crippen LogP contribution in [-0.4, -0.2) is 77.8 Å². The Morgan fingerprint density at radius 1 is 1.15 bits per heavy atom. The molecule has 2 amide bonds. The van der Waals surface area contributed by atoms with Gasteiger partial charge in [0.25, 0.3) is 5.91 Å². The third-order valence-corrected chi connectivity index (χ3v) is 4.66. The van der Waals surface area contributed by atoms with Crippen LogP contribution in [0.5, 0.6) is 0 Å². The van der Waals surface area contributed by atoms with Crippen LogP contribution in [0.25, 0.3) is 0 Å². The summed E-state index contributed by atoms with van der Waals surface area (Å²) >= 11 is 0. The lowest BCUT2D eigenvalue weighted by molar-refractivity contribution is -0.131. The van der Waals surface area contributed by atoms with Crippen LogP contribution in [0.15, 0.2) is 47.3 Å². The average Bonchev–Trinajstić information content (AvgIpc) is 3.21. The first-order valence-electron chi connectivity index (χ1n) is 8.81. The first-order chi connectivity index (χ1) is 12.6. The van der Waals surface area contributed by atoms with E-state index in [0.29, 0.717) is 45.0 Å². The number of piperazine rings is 1. The molecule has 7 heteroatoms. The minimum atomic E-state index is -0.0876. The van der Waals surface area contributed by atoms with E-state index in [1.165, 1.54) is 11.8 Å². The second-order valence-corrected chi connectivity index (χ2v) is 6.47. The normalized spacial score (nSPS) is 15.0. The molecule has 1 fully saturated rings. The molecule has 2 aromatic rings. The number of furan rings is 1. The van der Waals surface area contributed by atoms with Crippen LogP contribution in [0.1, 0.15) is 16.1 Å². The summed E-state index contributed by atoms with van der Waals surface area (Å²) in [7, 11) is 1.83. The van der Waals surface area contributed by atoms with Crippen molar-refractivity contribution in [2.45, 2.75) is 6.42 Å². The molecule has 0 atom stereocenters. The molecule has 0 bridgehead atoms. The Balaban J connectivity index is 1.40. The van der Waals surface area contributed by atoms with Gasteiger partial charge in [-0.3, -0.25) is 19.5 Å². The van der Waals surface area contributed by atoms with Gasteiger partial charge >= 0.3 is 0 Å². The molecule has 0 N–H and O–H groups in total. The molecule has 0 spiro atoms. The summed E-state index contributed by atoms with van der Waals surface area (Å²) in [6.07, 6.45) is 5.85. The van der Waals surface area contributed by atoms with Crippen LogP contribution >= 0.6 is 0 Å². The molecule has 2 aromatic heterocycles. The monoisotopic (exact) mass is 356 g/mol. The highest BCUT2D eigenvalue weighted by molar-refractivity contribution is 5.91. The van der Waals surface area contributed by atoms with Gasteiger partial charge in [0.05, 0.1) is 12.8 Å². The van der Waals surface area contributed by atoms with Crippen molar-refractivity contribution in [2.75, 3.05) is 46.3 Å². The highest BCUT2D eigenvalue weighted by Crippen LogP contribution is 2.09. The summed E-state index contributed by atoms with van der Waals surface area (Å²) in [4.78, 5) is 34.3. The van der Waals surface area contributed by atoms with E-state index in [9.17, 15) is 9.59 Å². The summed E-state index contributed by atoms with van der Waals surface area (Å²) in [6.45, 7) is 3.66. The predicted molar refractivity (Wildman–Crippen MR) is 96.6 cm³/mol. The van der Waals surface area contributed by atoms with Crippen molar-refractivity contribution in [1.82, 2.24) is 19.7 Å². The van der Waals surface area contributed by atoms with E-state index in [-0.39, 0.29) is 11.8 Å². The number of carbonyl (C=O) groups excluding carboxylic acids is 2. The minimum Gasteiger partial charge on any atom is -0.459 e. The number of aromatic nitrogens is 1. The van der Waals surface area contributed by atoms with E-state index >= 15 is 0 Å². The second kappa shape index (κ2) is 8.62. The molecule has 7 nitrogen and oxygen atoms in total. The predicted octanol–water partition coefficient (Wildman–Crippen LogP) is 1.13. The number of rotatable bonds is 6. The van der Waals surface area contributed by atoms with Crippen LogP contribution in [0, 0.1) is 0 Å². The van der Waals surface area contributed by atoms with Crippen LogP contribution in [0.4, 0.5) is 0 Å². The first-order valence-corrected chi connectivity index (χ1v) is 8.81. The summed E-state index contributed by atoms with van der Waals surface area (Å²) in [5.74, 6) is 0.380. The van der Waals surface area contributed by atoms with Crippen molar-refractivity contribution in [3.63, 3.8) is 0 Å². The fourth-order valence-corrected chi connectivity index (χ4v) is 2.95. The third-order valence-electron chi connectivity index (χ3n) is 4.66. The van der Waals surface area contributed by atoms with Gasteiger partial charge in [0.15, 0.2) is 5.76 Å². The van der Waals surface area contributed by atoms with Crippen molar-refractivity contribution in [3.05, 3.63) is 54.2 Å². The van der Waals surface area contributed by atoms with E-state index in [1.807, 2.05) is 19.2 Å². The smallest absolute Gasteiger partial charge is 0.289 e. The molecular weight excluding hydrogens is 332 g/mol. The molecule has 1 aliphatic rings. The summed E-state index contributed by atoms with van der Waals surface area (Å²) < 4.78 is 5.17. The Kier molecular flexibility index (Phi) is 6.01. The summed E-state index contributed by atoms with van der Waals surface area (Å²) in [6, 6.07) is 7.32. The topological polar surface area (TPSA) is 69.9 Å². The van der Waals surface area contributed by atoms with E-state index in [2.05, 4.69) is 9.88 Å². The molecule has 0 saturated carbocycles. The number of carbonyl (C=O) groups is 2. The average molecular weight is 356 g/mol. The Hall–Kier alpha value is -2.67. The lowest BCUT2D eigenvalue weighted by atomic mass is 10.2. The molecule has 0 unspecified atom stereocenters. The van der Waals surface area contributed by atoms with E-state index in [1.54, 1.807) is 34.3 Å². The standard InChI is InChI=1S/C19H24N4O3/c1-21(9-6-16-4-7-20-8-5-16)18(24)15-22-10-12-23(13-11-22)19(25)17-3-2-14-26-17/h2-5,7-8,14H,6,9-13,15H2,1H3. The molecule has 0 aliphatic carbocycles. The molecule has 26 heavy (non-hydrogen) atoms. The van der Waals surface area contributed by atoms with Gasteiger partial charge in [-0.05, 0) is 36.2 Å². The zero-order valence-electron chi connectivity index (χ0n) is 15.0. The largest absolute Gasteiger partial charge is 0.459 e. The van der Waals surface area contributed by atoms with Crippen LogP contribution < -0.4 is 0 Å². The van der Waals surface area contributed by atoms with Crippen molar-refractivity contribution < 1.29 is 14.0 Å². The number of pyridine rings is 1. The Labute approximate surface area is 153 Å². The number of hydrogen-bond donors (Lipinski definition) is 0. The molecule has 3 heterocycles. The SMILES string of the molecule is CN(CCc1ccncc1)C(=O)CN1CCN(C(=O)c2ccco2)CC1. The Morgan fingerprint density at radius 2 is 1.88 bits per heavy atom. The molecular formula is C19H24N4O3. The lowest BCUT2D eigenvalue weighted by Crippen LogP contribution is -2.51. The van der Waals surface area contributed by atoms with Crippen LogP contribution in [0.2, 0.25) is 0 Å². The molecule has 3 rings (SSSR count). The quantitative estimate of drug-likeness (QED) is 0.776. The van der Waals surface area contributed by atoms with E-state index < -0.39 is 0 Å². The van der Waals surface area contributed by atoms with E-state index in [4.69, 9.17) is 4.42 Å². The Bertz CT molecular complexity index is 710. The second-order valence-electron chi connectivity index (χ2n) is 6.47. The van der Waals surface area contributed by atoms with Crippen molar-refractivity contribution >= 4 is 11.8 Å². The number of likely N-dealkylation sites (N-methyl/N-ethyl adjacent to an activating group) is 1. The zero-order valence-corrected chi connectivity index (χ0v) is 15.0. The first kappa shape index (κ1) is 18.1. The van der Waals surface area contributed by atoms with Gasteiger partial charge in [-0.2, -0.15) is 0 Å². The summed E-state index contributed by atoms with van der Waals surface area (Å²) in [5.41, 5.74) is 1.17. The lowest BCUT2D eigenvalue weighted by Gasteiger charge is -2.34. The maximum atomic E-state index is 12.4. The van der Waals surface area contributed by atoms with Gasteiger partial charge < -0.3 is 14.2 Å². The Morgan fingerprint density at radius 3 is 2.54 bits per heavy atom. The highest BCUT2D eigenvalue weighted by atomic mass is 16.3. The van der Waals surface area contributed by atoms with Gasteiger partial charge in [-0.1, -0.05) is 0 Å². The fraction of sp³-hybridized carbons (Fsp3) is 0.421. The summed E-state index contributed by atoms with van der Waals surface area (Å²) in [5, 5.41) is 0. The van der Waals surface area contributed by atoms with Gasteiger partial charge in [0, 0.05) is 52.2 Å². The van der Waals surface area contributed by atoms with Gasteiger partial charge in [-0.25, -0.2) is 0 Å². The van der Waals surface area contributed by atoms with Crippen molar-refractivity contribution in [1.29, 1.82) is 0 Å². The third kappa shape index (κ3) is 4.70.